The molecule has 0 heterocycles. The molecule has 0 aliphatic rings. The molecule has 0 aliphatic carbocycles. The second kappa shape index (κ2) is 41.1. The molecule has 0 aromatic heterocycles. The fraction of sp³-hybridized carbons (Fsp3) is 0.438. The molecule has 3 atom stereocenters. The summed E-state index contributed by atoms with van der Waals surface area (Å²) >= 11 is 0. The van der Waals surface area contributed by atoms with Gasteiger partial charge in [-0.3, -0.25) is 23.4 Å². The van der Waals surface area contributed by atoms with Crippen molar-refractivity contribution in [1.29, 1.82) is 0 Å². The predicted molar refractivity (Wildman–Crippen MR) is 244 cm³/mol. The predicted octanol–water partition coefficient (Wildman–Crippen LogP) is 11.2. The maximum absolute atomic E-state index is 12.6. The summed E-state index contributed by atoms with van der Waals surface area (Å²) in [6, 6.07) is -1.56. The first kappa shape index (κ1) is 55.4. The number of carbonyl (C=O) groups excluding carboxylic acids is 2. The van der Waals surface area contributed by atoms with E-state index in [0.29, 0.717) is 12.8 Å². The van der Waals surface area contributed by atoms with Crippen molar-refractivity contribution in [3.8, 4) is 0 Å². The third-order valence-electron chi connectivity index (χ3n) is 7.64. The number of phosphoric ester groups is 1. The van der Waals surface area contributed by atoms with E-state index in [4.69, 9.17) is 24.8 Å². The Labute approximate surface area is 359 Å². The van der Waals surface area contributed by atoms with Crippen LogP contribution in [0.15, 0.2) is 146 Å². The monoisotopic (exact) mass is 851 g/mol. The summed E-state index contributed by atoms with van der Waals surface area (Å²) in [6.07, 6.45) is 58.2. The fourth-order valence-electron chi connectivity index (χ4n) is 4.39. The van der Waals surface area contributed by atoms with E-state index in [1.165, 1.54) is 0 Å². The van der Waals surface area contributed by atoms with Crippen LogP contribution in [-0.2, 0) is 37.5 Å². The minimum Gasteiger partial charge on any atom is -0.480 e. The van der Waals surface area contributed by atoms with Crippen LogP contribution in [0.4, 0.5) is 0 Å². The number of carboxylic acids is 1. The summed E-state index contributed by atoms with van der Waals surface area (Å²) in [4.78, 5) is 45.8. The highest BCUT2D eigenvalue weighted by molar-refractivity contribution is 7.47. The Kier molecular flexibility index (Phi) is 37.9. The highest BCUT2D eigenvalue weighted by atomic mass is 31.2. The van der Waals surface area contributed by atoms with E-state index in [9.17, 15) is 23.8 Å². The SMILES string of the molecule is CCC/C=C/C=C/C/C=C/C/C=C/C/C=C\C/C=C/CC(=O)OC(COC(=O)C/C=C/C/C=C/C/C=C/C/C=C/C/C=C/C=C/CCC)COP(=O)(O)OCC(N)C(=O)O. The van der Waals surface area contributed by atoms with E-state index in [2.05, 4.69) is 116 Å². The van der Waals surface area contributed by atoms with Crippen molar-refractivity contribution in [3.63, 3.8) is 0 Å². The molecule has 11 nitrogen and oxygen atoms in total. The molecule has 0 aromatic rings. The first-order valence-electron chi connectivity index (χ1n) is 20.9. The zero-order valence-corrected chi connectivity index (χ0v) is 36.6. The molecule has 0 radical (unpaired) electrons. The molecule has 4 N–H and O–H groups in total. The van der Waals surface area contributed by atoms with E-state index >= 15 is 0 Å². The lowest BCUT2D eigenvalue weighted by atomic mass is 10.2. The van der Waals surface area contributed by atoms with E-state index in [0.717, 1.165) is 64.2 Å². The molecule has 0 rings (SSSR count). The van der Waals surface area contributed by atoms with Crippen LogP contribution in [0.2, 0.25) is 0 Å². The van der Waals surface area contributed by atoms with Gasteiger partial charge < -0.3 is 25.2 Å². The summed E-state index contributed by atoms with van der Waals surface area (Å²) in [5.41, 5.74) is 5.31. The number of hydrogen-bond donors (Lipinski definition) is 3. The number of aliphatic carboxylic acids is 1. The molecule has 60 heavy (non-hydrogen) atoms. The van der Waals surface area contributed by atoms with Crippen molar-refractivity contribution < 1.29 is 47.5 Å². The van der Waals surface area contributed by atoms with Gasteiger partial charge in [0, 0.05) is 0 Å². The summed E-state index contributed by atoms with van der Waals surface area (Å²) in [6.45, 7) is 2.40. The molecule has 0 saturated heterocycles. The van der Waals surface area contributed by atoms with Crippen LogP contribution in [0.1, 0.15) is 104 Å². The maximum atomic E-state index is 12.6. The maximum Gasteiger partial charge on any atom is 0.472 e. The molecule has 0 spiro atoms. The molecule has 0 aliphatic heterocycles. The molecule has 0 saturated carbocycles. The first-order chi connectivity index (χ1) is 29.1. The largest absolute Gasteiger partial charge is 0.480 e. The van der Waals surface area contributed by atoms with Crippen molar-refractivity contribution in [2.75, 3.05) is 19.8 Å². The third kappa shape index (κ3) is 40.2. The topological polar surface area (TPSA) is 172 Å². The Hall–Kier alpha value is -4.64. The zero-order chi connectivity index (χ0) is 44.2. The Balaban J connectivity index is 4.72. The van der Waals surface area contributed by atoms with Gasteiger partial charge in [0.25, 0.3) is 0 Å². The average Bonchev–Trinajstić information content (AvgIpc) is 3.22. The molecule has 0 bridgehead atoms. The quantitative estimate of drug-likeness (QED) is 0.0237. The van der Waals surface area contributed by atoms with Gasteiger partial charge in [-0.2, -0.15) is 0 Å². The van der Waals surface area contributed by atoms with E-state index in [1.807, 2.05) is 30.4 Å². The summed E-state index contributed by atoms with van der Waals surface area (Å²) in [7, 11) is -4.77. The minimum absolute atomic E-state index is 0.0428. The molecule has 0 amide bonds. The van der Waals surface area contributed by atoms with Crippen molar-refractivity contribution in [1.82, 2.24) is 0 Å². The zero-order valence-electron chi connectivity index (χ0n) is 35.7. The lowest BCUT2D eigenvalue weighted by Gasteiger charge is -2.20. The average molecular weight is 852 g/mol. The van der Waals surface area contributed by atoms with Gasteiger partial charge in [0.1, 0.15) is 12.6 Å². The number of unbranched alkanes of at least 4 members (excludes halogenated alkanes) is 2. The van der Waals surface area contributed by atoms with Crippen LogP contribution >= 0.6 is 7.82 Å². The Morgan fingerprint density at radius 2 is 0.867 bits per heavy atom. The summed E-state index contributed by atoms with van der Waals surface area (Å²) in [5.74, 6) is -2.73. The molecular weight excluding hydrogens is 781 g/mol. The number of phosphoric acid groups is 1. The molecule has 12 heteroatoms. The van der Waals surface area contributed by atoms with Crippen LogP contribution in [0.3, 0.4) is 0 Å². The third-order valence-corrected chi connectivity index (χ3v) is 8.59. The van der Waals surface area contributed by atoms with Gasteiger partial charge in [-0.05, 0) is 64.2 Å². The lowest BCUT2D eigenvalue weighted by molar-refractivity contribution is -0.160. The first-order valence-corrected chi connectivity index (χ1v) is 22.4. The fourth-order valence-corrected chi connectivity index (χ4v) is 5.17. The number of allylic oxidation sites excluding steroid dienone is 22. The molecule has 0 fully saturated rings. The Morgan fingerprint density at radius 1 is 0.517 bits per heavy atom. The van der Waals surface area contributed by atoms with Crippen molar-refractivity contribution in [2.24, 2.45) is 5.73 Å². The van der Waals surface area contributed by atoms with Crippen LogP contribution < -0.4 is 5.73 Å². The van der Waals surface area contributed by atoms with E-state index < -0.39 is 57.7 Å². The van der Waals surface area contributed by atoms with Crippen molar-refractivity contribution in [2.45, 2.75) is 116 Å². The molecule has 3 unspecified atom stereocenters. The van der Waals surface area contributed by atoms with Crippen molar-refractivity contribution in [3.05, 3.63) is 146 Å². The highest BCUT2D eigenvalue weighted by Gasteiger charge is 2.28. The van der Waals surface area contributed by atoms with Gasteiger partial charge in [-0.15, -0.1) is 0 Å². The number of nitrogens with two attached hydrogens (primary N) is 1. The van der Waals surface area contributed by atoms with Gasteiger partial charge in [-0.25, -0.2) is 4.57 Å². The van der Waals surface area contributed by atoms with Gasteiger partial charge >= 0.3 is 25.7 Å². The second-order valence-electron chi connectivity index (χ2n) is 13.2. The van der Waals surface area contributed by atoms with Gasteiger partial charge in [0.15, 0.2) is 6.10 Å². The summed E-state index contributed by atoms with van der Waals surface area (Å²) < 4.78 is 32.4. The van der Waals surface area contributed by atoms with Crippen LogP contribution in [0, 0.1) is 0 Å². The van der Waals surface area contributed by atoms with E-state index in [1.54, 1.807) is 18.2 Å². The van der Waals surface area contributed by atoms with Crippen LogP contribution in [-0.4, -0.2) is 59.9 Å². The van der Waals surface area contributed by atoms with Crippen molar-refractivity contribution >= 4 is 25.7 Å². The highest BCUT2D eigenvalue weighted by Crippen LogP contribution is 2.43. The van der Waals surface area contributed by atoms with E-state index in [-0.39, 0.29) is 12.8 Å². The molecule has 332 valence electrons. The molecular formula is C48H70NO10P. The number of rotatable bonds is 36. The summed E-state index contributed by atoms with van der Waals surface area (Å²) in [5, 5.41) is 8.88. The number of carbonyl (C=O) groups is 3. The Bertz CT molecular complexity index is 1560. The number of carboxylic acid groups (broad SMARTS) is 1. The number of ether oxygens (including phenoxy) is 2. The second-order valence-corrected chi connectivity index (χ2v) is 14.6. The number of esters is 2. The van der Waals surface area contributed by atoms with Gasteiger partial charge in [0.2, 0.25) is 0 Å². The number of hydrogen-bond acceptors (Lipinski definition) is 9. The Morgan fingerprint density at radius 3 is 1.27 bits per heavy atom. The van der Waals surface area contributed by atoms with Crippen LogP contribution in [0.5, 0.6) is 0 Å². The minimum atomic E-state index is -4.77. The standard InChI is InChI=1S/C48H70NO10P/c1-3-5-7-9-11-13-15-17-19-21-23-25-27-29-31-33-35-37-39-46(50)56-41-44(42-57-60(54,55)58-43-45(49)48(52)53)59-47(51)40-38-36-34-32-30-28-26-24-22-20-18-16-14-12-10-8-6-4-2/h7-14,17-20,23-26,29-32,35-38,44-45H,3-6,15-16,21-22,27-28,33-34,39-43,49H2,1-2H3,(H,52,53)(H,54,55)/b9-7+,10-8+,13-11+,14-12+,19-17+,20-18+,25-23+,26-24+,31-29+,32-30-,37-35+,38-36+. The van der Waals surface area contributed by atoms with Crippen LogP contribution in [0.25, 0.3) is 0 Å². The normalized spacial score (nSPS) is 15.1. The molecule has 0 aromatic carbocycles. The van der Waals surface area contributed by atoms with Gasteiger partial charge in [0.05, 0.1) is 26.1 Å². The smallest absolute Gasteiger partial charge is 0.472 e. The van der Waals surface area contributed by atoms with Gasteiger partial charge in [-0.1, -0.05) is 173 Å². The lowest BCUT2D eigenvalue weighted by Crippen LogP contribution is -2.34.